The van der Waals surface area contributed by atoms with Crippen molar-refractivity contribution < 1.29 is 34.3 Å². The SMILES string of the molecule is O=C1[C@@H](CCCc2ccc(F)cc2)[C@@H](c2ccc(C[C@@H]3O[C@H](CO)[C@@H](O)[C@H](O)[C@H]3O)cc2)N1c1ccc(Cl)cc1. The number of rotatable bonds is 9. The number of aliphatic hydroxyl groups is 4. The predicted octanol–water partition coefficient (Wildman–Crippen LogP) is 3.59. The van der Waals surface area contributed by atoms with Crippen molar-refractivity contribution >= 4 is 23.2 Å². The van der Waals surface area contributed by atoms with Gasteiger partial charge in [0.2, 0.25) is 5.91 Å². The van der Waals surface area contributed by atoms with Crippen LogP contribution in [0.5, 0.6) is 0 Å². The van der Waals surface area contributed by atoms with Crippen LogP contribution in [0.2, 0.25) is 5.02 Å². The molecule has 2 heterocycles. The smallest absolute Gasteiger partial charge is 0.233 e. The zero-order valence-corrected chi connectivity index (χ0v) is 22.6. The van der Waals surface area contributed by atoms with Crippen molar-refractivity contribution in [3.63, 3.8) is 0 Å². The third kappa shape index (κ3) is 5.93. The summed E-state index contributed by atoms with van der Waals surface area (Å²) in [7, 11) is 0. The first-order chi connectivity index (χ1) is 19.3. The van der Waals surface area contributed by atoms with Gasteiger partial charge in [-0.2, -0.15) is 0 Å². The lowest BCUT2D eigenvalue weighted by Crippen LogP contribution is -2.59. The molecule has 3 aromatic rings. The average Bonchev–Trinajstić information content (AvgIpc) is 2.96. The summed E-state index contributed by atoms with van der Waals surface area (Å²) in [5, 5.41) is 40.6. The van der Waals surface area contributed by atoms with Crippen molar-refractivity contribution in [2.45, 2.75) is 62.2 Å². The van der Waals surface area contributed by atoms with Crippen molar-refractivity contribution in [1.82, 2.24) is 0 Å². The summed E-state index contributed by atoms with van der Waals surface area (Å²) in [6, 6.07) is 21.1. The second kappa shape index (κ2) is 12.3. The Hall–Kier alpha value is -2.85. The predicted molar refractivity (Wildman–Crippen MR) is 148 cm³/mol. The second-order valence-corrected chi connectivity index (χ2v) is 11.0. The monoisotopic (exact) mass is 569 g/mol. The van der Waals surface area contributed by atoms with E-state index in [0.717, 1.165) is 35.2 Å². The fourth-order valence-corrected chi connectivity index (χ4v) is 5.83. The van der Waals surface area contributed by atoms with E-state index >= 15 is 0 Å². The maximum atomic E-state index is 13.3. The van der Waals surface area contributed by atoms with E-state index in [1.54, 1.807) is 29.2 Å². The van der Waals surface area contributed by atoms with Gasteiger partial charge in [0.15, 0.2) is 0 Å². The molecule has 0 bridgehead atoms. The van der Waals surface area contributed by atoms with Gasteiger partial charge in [0.1, 0.15) is 30.2 Å². The molecule has 1 amide bonds. The minimum Gasteiger partial charge on any atom is -0.394 e. The van der Waals surface area contributed by atoms with Gasteiger partial charge in [-0.3, -0.25) is 4.79 Å². The number of carbonyl (C=O) groups excluding carboxylic acids is 1. The van der Waals surface area contributed by atoms with Crippen LogP contribution in [0.3, 0.4) is 0 Å². The number of carbonyl (C=O) groups is 1. The largest absolute Gasteiger partial charge is 0.394 e. The summed E-state index contributed by atoms with van der Waals surface area (Å²) in [4.78, 5) is 15.1. The lowest BCUT2D eigenvalue weighted by molar-refractivity contribution is -0.228. The molecule has 0 aromatic heterocycles. The highest BCUT2D eigenvalue weighted by molar-refractivity contribution is 6.30. The molecule has 9 heteroatoms. The molecule has 0 spiro atoms. The summed E-state index contributed by atoms with van der Waals surface area (Å²) in [6.45, 7) is -0.473. The lowest BCUT2D eigenvalue weighted by atomic mass is 9.78. The van der Waals surface area contributed by atoms with Gasteiger partial charge in [0.05, 0.1) is 24.7 Å². The third-order valence-corrected chi connectivity index (χ3v) is 8.21. The van der Waals surface area contributed by atoms with Gasteiger partial charge in [-0.25, -0.2) is 4.39 Å². The number of benzene rings is 3. The minimum absolute atomic E-state index is 0.0387. The topological polar surface area (TPSA) is 110 Å². The van der Waals surface area contributed by atoms with Crippen LogP contribution < -0.4 is 4.90 Å². The Labute approximate surface area is 237 Å². The van der Waals surface area contributed by atoms with Crippen molar-refractivity contribution in [3.05, 3.63) is 100 Å². The van der Waals surface area contributed by atoms with Crippen LogP contribution in [0.1, 0.15) is 35.6 Å². The zero-order valence-electron chi connectivity index (χ0n) is 21.8. The lowest BCUT2D eigenvalue weighted by Gasteiger charge is -2.48. The molecule has 2 saturated heterocycles. The van der Waals surface area contributed by atoms with Crippen LogP contribution in [0, 0.1) is 11.7 Å². The molecule has 4 N–H and O–H groups in total. The van der Waals surface area contributed by atoms with Gasteiger partial charge in [0, 0.05) is 17.1 Å². The zero-order chi connectivity index (χ0) is 28.4. The molecular weight excluding hydrogens is 537 g/mol. The highest BCUT2D eigenvalue weighted by Gasteiger charge is 2.48. The summed E-state index contributed by atoms with van der Waals surface area (Å²) in [5.41, 5.74) is 3.58. The Balaban J connectivity index is 1.31. The molecular formula is C31H33ClFNO6. The fourth-order valence-electron chi connectivity index (χ4n) is 5.71. The summed E-state index contributed by atoms with van der Waals surface area (Å²) < 4.78 is 18.9. The summed E-state index contributed by atoms with van der Waals surface area (Å²) in [5.74, 6) is -0.448. The van der Waals surface area contributed by atoms with Gasteiger partial charge in [-0.05, 0) is 72.4 Å². The molecule has 0 radical (unpaired) electrons. The van der Waals surface area contributed by atoms with Gasteiger partial charge in [0.25, 0.3) is 0 Å². The Morgan fingerprint density at radius 2 is 1.45 bits per heavy atom. The number of hydrogen-bond donors (Lipinski definition) is 4. The first kappa shape index (κ1) is 28.7. The maximum Gasteiger partial charge on any atom is 0.233 e. The number of ether oxygens (including phenoxy) is 1. The molecule has 3 aromatic carbocycles. The number of halogens is 2. The molecule has 2 fully saturated rings. The van der Waals surface area contributed by atoms with Gasteiger partial charge >= 0.3 is 0 Å². The molecule has 0 saturated carbocycles. The highest BCUT2D eigenvalue weighted by atomic mass is 35.5. The van der Waals surface area contributed by atoms with E-state index in [1.807, 2.05) is 36.4 Å². The Kier molecular flexibility index (Phi) is 8.85. The number of aryl methyl sites for hydroxylation is 1. The van der Waals surface area contributed by atoms with Crippen LogP contribution >= 0.6 is 11.6 Å². The van der Waals surface area contributed by atoms with Crippen molar-refractivity contribution in [2.24, 2.45) is 5.92 Å². The van der Waals surface area contributed by atoms with Crippen molar-refractivity contribution in [3.8, 4) is 0 Å². The number of amides is 1. The molecule has 212 valence electrons. The molecule has 7 nitrogen and oxygen atoms in total. The van der Waals surface area contributed by atoms with Crippen LogP contribution in [0.15, 0.2) is 72.8 Å². The molecule has 0 aliphatic carbocycles. The summed E-state index contributed by atoms with van der Waals surface area (Å²) in [6.07, 6.45) is -3.38. The fraction of sp³-hybridized carbons (Fsp3) is 0.387. The van der Waals surface area contributed by atoms with Crippen LogP contribution in [-0.2, 0) is 22.4 Å². The van der Waals surface area contributed by atoms with E-state index in [4.69, 9.17) is 16.3 Å². The Bertz CT molecular complexity index is 1290. The Morgan fingerprint density at radius 3 is 2.10 bits per heavy atom. The highest BCUT2D eigenvalue weighted by Crippen LogP contribution is 2.46. The number of β-lactam (4-membered cyclic amide) rings is 1. The number of nitrogens with zero attached hydrogens (tertiary/aromatic N) is 1. The van der Waals surface area contributed by atoms with Gasteiger partial charge in [-0.1, -0.05) is 48.0 Å². The minimum atomic E-state index is -1.42. The summed E-state index contributed by atoms with van der Waals surface area (Å²) >= 11 is 6.08. The normalized spacial score (nSPS) is 28.4. The molecule has 7 atom stereocenters. The van der Waals surface area contributed by atoms with Crippen LogP contribution in [-0.4, -0.2) is 63.5 Å². The number of anilines is 1. The van der Waals surface area contributed by atoms with E-state index in [9.17, 15) is 29.6 Å². The molecule has 5 rings (SSSR count). The van der Waals surface area contributed by atoms with E-state index in [1.165, 1.54) is 12.1 Å². The van der Waals surface area contributed by atoms with E-state index in [2.05, 4.69) is 0 Å². The van der Waals surface area contributed by atoms with Gasteiger partial charge < -0.3 is 30.1 Å². The van der Waals surface area contributed by atoms with E-state index in [-0.39, 0.29) is 30.1 Å². The van der Waals surface area contributed by atoms with Crippen molar-refractivity contribution in [2.75, 3.05) is 11.5 Å². The number of hydrogen-bond acceptors (Lipinski definition) is 6. The van der Waals surface area contributed by atoms with Gasteiger partial charge in [-0.15, -0.1) is 0 Å². The van der Waals surface area contributed by atoms with E-state index in [0.29, 0.717) is 11.4 Å². The van der Waals surface area contributed by atoms with Crippen LogP contribution in [0.4, 0.5) is 10.1 Å². The maximum absolute atomic E-state index is 13.3. The quantitative estimate of drug-likeness (QED) is 0.293. The van der Waals surface area contributed by atoms with Crippen molar-refractivity contribution in [1.29, 1.82) is 0 Å². The van der Waals surface area contributed by atoms with E-state index < -0.39 is 37.1 Å². The Morgan fingerprint density at radius 1 is 0.825 bits per heavy atom. The molecule has 2 aliphatic rings. The number of aliphatic hydroxyl groups excluding tert-OH is 4. The molecule has 40 heavy (non-hydrogen) atoms. The third-order valence-electron chi connectivity index (χ3n) is 7.96. The average molecular weight is 570 g/mol. The first-order valence-corrected chi connectivity index (χ1v) is 13.9. The van der Waals surface area contributed by atoms with Crippen LogP contribution in [0.25, 0.3) is 0 Å². The first-order valence-electron chi connectivity index (χ1n) is 13.5. The standard InChI is InChI=1S/C31H33ClFNO6/c32-21-10-14-23(15-11-21)34-27(24(31(34)39)3-1-2-18-6-12-22(33)13-7-18)20-8-4-19(5-9-20)16-25-28(36)30(38)29(37)26(17-35)40-25/h4-15,24-30,35-38H,1-3,16-17H2/t24-,25-,26+,27+,28-,29+,30+/m0/s1. The molecule has 0 unspecified atom stereocenters. The second-order valence-electron chi connectivity index (χ2n) is 10.6. The molecule has 2 aliphatic heterocycles.